The van der Waals surface area contributed by atoms with Gasteiger partial charge in [-0.1, -0.05) is 0 Å². The van der Waals surface area contributed by atoms with Crippen LogP contribution in [0.5, 0.6) is 11.6 Å². The van der Waals surface area contributed by atoms with Gasteiger partial charge in [-0.2, -0.15) is 5.26 Å². The van der Waals surface area contributed by atoms with E-state index in [1.54, 1.807) is 6.07 Å². The number of hydrogen-bond acceptors (Lipinski definition) is 4. The highest BCUT2D eigenvalue weighted by molar-refractivity contribution is 5.46. The number of pyridine rings is 1. The zero-order valence-electron chi connectivity index (χ0n) is 8.83. The van der Waals surface area contributed by atoms with E-state index < -0.39 is 6.43 Å². The molecule has 6 heteroatoms. The van der Waals surface area contributed by atoms with Crippen molar-refractivity contribution < 1.29 is 18.3 Å². The highest BCUT2D eigenvalue weighted by atomic mass is 19.3. The van der Waals surface area contributed by atoms with Crippen LogP contribution in [0.2, 0.25) is 0 Å². The number of nitriles is 1. The van der Waals surface area contributed by atoms with Crippen LogP contribution in [0.3, 0.4) is 0 Å². The van der Waals surface area contributed by atoms with Crippen LogP contribution in [0, 0.1) is 11.3 Å². The molecule has 0 aliphatic rings. The molecule has 0 amide bonds. The van der Waals surface area contributed by atoms with Crippen molar-refractivity contribution in [2.45, 2.75) is 12.8 Å². The fraction of sp³-hybridized carbons (Fsp3) is 0.400. The molecule has 0 saturated carbocycles. The molecule has 16 heavy (non-hydrogen) atoms. The fourth-order valence-corrected chi connectivity index (χ4v) is 1.36. The van der Waals surface area contributed by atoms with E-state index in [9.17, 15) is 8.78 Å². The summed E-state index contributed by atoms with van der Waals surface area (Å²) < 4.78 is 35.3. The Bertz CT molecular complexity index is 416. The van der Waals surface area contributed by atoms with Gasteiger partial charge < -0.3 is 9.47 Å². The molecule has 0 fully saturated rings. The van der Waals surface area contributed by atoms with Crippen molar-refractivity contribution in [3.8, 4) is 17.7 Å². The standard InChI is InChI=1S/C10H10F2N2O2/c1-15-7-5-14-10(16-2)6(3-4-13)8(7)9(11)12/h5,9H,3H2,1-2H3. The lowest BCUT2D eigenvalue weighted by Crippen LogP contribution is -2.03. The van der Waals surface area contributed by atoms with Crippen LogP contribution >= 0.6 is 0 Å². The van der Waals surface area contributed by atoms with Crippen LogP contribution in [0.1, 0.15) is 17.6 Å². The van der Waals surface area contributed by atoms with Gasteiger partial charge in [-0.3, -0.25) is 0 Å². The zero-order valence-corrected chi connectivity index (χ0v) is 8.83. The van der Waals surface area contributed by atoms with Gasteiger partial charge >= 0.3 is 0 Å². The summed E-state index contributed by atoms with van der Waals surface area (Å²) >= 11 is 0. The van der Waals surface area contributed by atoms with Crippen molar-refractivity contribution in [1.29, 1.82) is 5.26 Å². The number of nitrogens with zero attached hydrogens (tertiary/aromatic N) is 2. The normalized spacial score (nSPS) is 10.0. The smallest absolute Gasteiger partial charge is 0.267 e. The summed E-state index contributed by atoms with van der Waals surface area (Å²) in [7, 11) is 2.58. The average molecular weight is 228 g/mol. The molecule has 0 radical (unpaired) electrons. The third kappa shape index (κ3) is 2.19. The lowest BCUT2D eigenvalue weighted by Gasteiger charge is -2.13. The van der Waals surface area contributed by atoms with Gasteiger partial charge in [0, 0.05) is 5.56 Å². The Kier molecular flexibility index (Phi) is 4.00. The molecule has 0 unspecified atom stereocenters. The van der Waals surface area contributed by atoms with Gasteiger partial charge in [-0.15, -0.1) is 0 Å². The predicted octanol–water partition coefficient (Wildman–Crippen LogP) is 2.10. The first kappa shape index (κ1) is 12.2. The maximum Gasteiger partial charge on any atom is 0.267 e. The van der Waals surface area contributed by atoms with Crippen LogP contribution < -0.4 is 9.47 Å². The molecular weight excluding hydrogens is 218 g/mol. The van der Waals surface area contributed by atoms with E-state index in [1.165, 1.54) is 14.2 Å². The topological polar surface area (TPSA) is 55.1 Å². The molecule has 0 N–H and O–H groups in total. The summed E-state index contributed by atoms with van der Waals surface area (Å²) in [6, 6.07) is 1.80. The van der Waals surface area contributed by atoms with E-state index in [0.29, 0.717) is 0 Å². The lowest BCUT2D eigenvalue weighted by atomic mass is 10.1. The zero-order chi connectivity index (χ0) is 12.1. The Morgan fingerprint density at radius 1 is 1.44 bits per heavy atom. The second-order valence-corrected chi connectivity index (χ2v) is 2.86. The van der Waals surface area contributed by atoms with Crippen molar-refractivity contribution in [2.24, 2.45) is 0 Å². The molecule has 0 spiro atoms. The molecule has 0 aliphatic carbocycles. The SMILES string of the molecule is COc1cnc(OC)c(CC#N)c1C(F)F. The van der Waals surface area contributed by atoms with Crippen LogP contribution in [0.4, 0.5) is 8.78 Å². The molecule has 0 bridgehead atoms. The molecule has 0 aromatic carbocycles. The van der Waals surface area contributed by atoms with Gasteiger partial charge in [-0.25, -0.2) is 13.8 Å². The van der Waals surface area contributed by atoms with Gasteiger partial charge in [0.1, 0.15) is 5.75 Å². The minimum Gasteiger partial charge on any atom is -0.495 e. The third-order valence-corrected chi connectivity index (χ3v) is 2.04. The van der Waals surface area contributed by atoms with Gasteiger partial charge in [0.05, 0.1) is 38.5 Å². The Morgan fingerprint density at radius 2 is 2.12 bits per heavy atom. The first-order valence-electron chi connectivity index (χ1n) is 4.40. The van der Waals surface area contributed by atoms with Gasteiger partial charge in [-0.05, 0) is 0 Å². The molecule has 1 rings (SSSR count). The van der Waals surface area contributed by atoms with Gasteiger partial charge in [0.15, 0.2) is 0 Å². The number of methoxy groups -OCH3 is 2. The summed E-state index contributed by atoms with van der Waals surface area (Å²) in [6.07, 6.45) is -1.79. The highest BCUT2D eigenvalue weighted by Gasteiger charge is 2.23. The van der Waals surface area contributed by atoms with Crippen LogP contribution in [0.25, 0.3) is 0 Å². The van der Waals surface area contributed by atoms with E-state index in [4.69, 9.17) is 14.7 Å². The van der Waals surface area contributed by atoms with Crippen LogP contribution in [-0.4, -0.2) is 19.2 Å². The largest absolute Gasteiger partial charge is 0.495 e. The van der Waals surface area contributed by atoms with Crippen molar-refractivity contribution >= 4 is 0 Å². The maximum atomic E-state index is 12.8. The Morgan fingerprint density at radius 3 is 2.56 bits per heavy atom. The minimum atomic E-state index is -2.74. The molecule has 1 aromatic rings. The van der Waals surface area contributed by atoms with Crippen LogP contribution in [-0.2, 0) is 6.42 Å². The Balaban J connectivity index is 3.41. The van der Waals surface area contributed by atoms with Crippen molar-refractivity contribution in [1.82, 2.24) is 4.98 Å². The van der Waals surface area contributed by atoms with Gasteiger partial charge in [0.25, 0.3) is 6.43 Å². The molecule has 4 nitrogen and oxygen atoms in total. The number of hydrogen-bond donors (Lipinski definition) is 0. The first-order chi connectivity index (χ1) is 7.65. The van der Waals surface area contributed by atoms with Gasteiger partial charge in [0.2, 0.25) is 5.88 Å². The molecule has 0 saturated heterocycles. The number of rotatable bonds is 4. The van der Waals surface area contributed by atoms with Crippen molar-refractivity contribution in [3.05, 3.63) is 17.3 Å². The quantitative estimate of drug-likeness (QED) is 0.791. The van der Waals surface area contributed by atoms with E-state index in [1.807, 2.05) is 0 Å². The van der Waals surface area contributed by atoms with E-state index in [0.717, 1.165) is 6.20 Å². The second-order valence-electron chi connectivity index (χ2n) is 2.86. The molecule has 86 valence electrons. The number of halogens is 2. The minimum absolute atomic E-state index is 0.0256. The number of aromatic nitrogens is 1. The Labute approximate surface area is 91.4 Å². The second kappa shape index (κ2) is 5.26. The van der Waals surface area contributed by atoms with Crippen molar-refractivity contribution in [3.63, 3.8) is 0 Å². The summed E-state index contributed by atoms with van der Waals surface area (Å²) in [5.41, 5.74) is -0.268. The number of alkyl halides is 2. The Hall–Kier alpha value is -1.90. The van der Waals surface area contributed by atoms with E-state index >= 15 is 0 Å². The average Bonchev–Trinajstić information content (AvgIpc) is 2.28. The molecule has 0 aliphatic heterocycles. The lowest BCUT2D eigenvalue weighted by molar-refractivity contribution is 0.145. The summed E-state index contributed by atoms with van der Waals surface area (Å²) in [4.78, 5) is 3.80. The van der Waals surface area contributed by atoms with Crippen LogP contribution in [0.15, 0.2) is 6.20 Å². The predicted molar refractivity (Wildman–Crippen MR) is 51.6 cm³/mol. The molecule has 1 heterocycles. The van der Waals surface area contributed by atoms with E-state index in [2.05, 4.69) is 4.98 Å². The molecular formula is C10H10F2N2O2. The molecule has 0 atom stereocenters. The monoisotopic (exact) mass is 228 g/mol. The van der Waals surface area contributed by atoms with E-state index in [-0.39, 0.29) is 29.2 Å². The van der Waals surface area contributed by atoms with Crippen molar-refractivity contribution in [2.75, 3.05) is 14.2 Å². The number of ether oxygens (including phenoxy) is 2. The molecule has 1 aromatic heterocycles. The maximum absolute atomic E-state index is 12.8. The third-order valence-electron chi connectivity index (χ3n) is 2.04. The highest BCUT2D eigenvalue weighted by Crippen LogP contribution is 2.35. The summed E-state index contributed by atoms with van der Waals surface area (Å²) in [6.45, 7) is 0. The summed E-state index contributed by atoms with van der Waals surface area (Å²) in [5, 5.41) is 8.59. The summed E-state index contributed by atoms with van der Waals surface area (Å²) in [5.74, 6) is -0.0151. The fourth-order valence-electron chi connectivity index (χ4n) is 1.36. The first-order valence-corrected chi connectivity index (χ1v) is 4.40.